The number of hydrogen-bond acceptors (Lipinski definition) is 0. The third-order valence-corrected chi connectivity index (χ3v) is 5.22. The molecule has 2 rings (SSSR count). The van der Waals surface area contributed by atoms with Crippen molar-refractivity contribution in [2.75, 3.05) is 0 Å². The number of halogens is 2. The molecule has 0 heterocycles. The quantitative estimate of drug-likeness (QED) is 0.622. The van der Waals surface area contributed by atoms with Gasteiger partial charge in [-0.3, -0.25) is 0 Å². The van der Waals surface area contributed by atoms with Gasteiger partial charge in [0.2, 0.25) is 0 Å². The average Bonchev–Trinajstić information content (AvgIpc) is 2.29. The third kappa shape index (κ3) is 2.66. The second-order valence-electron chi connectivity index (χ2n) is 6.68. The molecule has 2 fully saturated rings. The molecule has 17 heavy (non-hydrogen) atoms. The van der Waals surface area contributed by atoms with Crippen molar-refractivity contribution in [1.29, 1.82) is 0 Å². The van der Waals surface area contributed by atoms with Gasteiger partial charge in [0, 0.05) is 0 Å². The minimum atomic E-state index is -1.23. The Morgan fingerprint density at radius 1 is 0.765 bits per heavy atom. The van der Waals surface area contributed by atoms with Crippen LogP contribution in [0, 0.1) is 29.6 Å². The highest BCUT2D eigenvalue weighted by molar-refractivity contribution is 4.93. The van der Waals surface area contributed by atoms with Crippen LogP contribution in [0.2, 0.25) is 0 Å². The molecule has 0 bridgehead atoms. The largest absolute Gasteiger partial charge is 0.244 e. The van der Waals surface area contributed by atoms with Crippen molar-refractivity contribution in [3.05, 3.63) is 0 Å². The van der Waals surface area contributed by atoms with E-state index in [1.807, 2.05) is 6.92 Å². The number of rotatable bonds is 1. The van der Waals surface area contributed by atoms with Gasteiger partial charge in [0.25, 0.3) is 0 Å². The van der Waals surface area contributed by atoms with Crippen molar-refractivity contribution < 1.29 is 8.78 Å². The minimum Gasteiger partial charge on any atom is -0.244 e. The first-order valence-corrected chi connectivity index (χ1v) is 7.28. The van der Waals surface area contributed by atoms with Gasteiger partial charge in [-0.15, -0.1) is 0 Å². The highest BCUT2D eigenvalue weighted by atomic mass is 19.2. The SMILES string of the molecule is CC1CCC(C2C(C)CC(C)C(F)C2F)CC1. The van der Waals surface area contributed by atoms with Gasteiger partial charge in [-0.1, -0.05) is 33.6 Å². The molecule has 0 aromatic carbocycles. The fourth-order valence-corrected chi connectivity index (χ4v) is 4.11. The Labute approximate surface area is 104 Å². The van der Waals surface area contributed by atoms with Gasteiger partial charge in [0.05, 0.1) is 0 Å². The first-order valence-electron chi connectivity index (χ1n) is 7.28. The third-order valence-electron chi connectivity index (χ3n) is 5.22. The molecular formula is C15H26F2. The van der Waals surface area contributed by atoms with Crippen molar-refractivity contribution in [1.82, 2.24) is 0 Å². The lowest BCUT2D eigenvalue weighted by Gasteiger charge is -2.44. The first-order chi connectivity index (χ1) is 8.00. The van der Waals surface area contributed by atoms with Gasteiger partial charge in [0.1, 0.15) is 12.3 Å². The van der Waals surface area contributed by atoms with E-state index < -0.39 is 12.3 Å². The molecule has 100 valence electrons. The molecule has 0 saturated heterocycles. The zero-order valence-corrected chi connectivity index (χ0v) is 11.3. The Morgan fingerprint density at radius 3 is 1.94 bits per heavy atom. The smallest absolute Gasteiger partial charge is 0.135 e. The summed E-state index contributed by atoms with van der Waals surface area (Å²) in [6.07, 6.45) is 3.04. The van der Waals surface area contributed by atoms with Crippen molar-refractivity contribution in [3.63, 3.8) is 0 Å². The summed E-state index contributed by atoms with van der Waals surface area (Å²) in [6, 6.07) is 0. The zero-order valence-electron chi connectivity index (χ0n) is 11.3. The summed E-state index contributed by atoms with van der Waals surface area (Å²) < 4.78 is 28.1. The van der Waals surface area contributed by atoms with Crippen LogP contribution in [-0.2, 0) is 0 Å². The van der Waals surface area contributed by atoms with Crippen molar-refractivity contribution >= 4 is 0 Å². The standard InChI is InChI=1S/C15H26F2/c1-9-4-6-12(7-5-9)13-10(2)8-11(3)14(16)15(13)17/h9-15H,4-8H2,1-3H3. The predicted molar refractivity (Wildman–Crippen MR) is 67.3 cm³/mol. The molecule has 0 nitrogen and oxygen atoms in total. The van der Waals surface area contributed by atoms with Crippen molar-refractivity contribution in [3.8, 4) is 0 Å². The molecule has 0 aliphatic heterocycles. The molecule has 2 aliphatic rings. The minimum absolute atomic E-state index is 0.0197. The average molecular weight is 244 g/mol. The zero-order chi connectivity index (χ0) is 12.6. The summed E-state index contributed by atoms with van der Waals surface area (Å²) >= 11 is 0. The van der Waals surface area contributed by atoms with Crippen molar-refractivity contribution in [2.45, 2.75) is 65.2 Å². The van der Waals surface area contributed by atoms with E-state index in [0.29, 0.717) is 11.8 Å². The van der Waals surface area contributed by atoms with Crippen LogP contribution in [0.1, 0.15) is 52.9 Å². The van der Waals surface area contributed by atoms with Crippen LogP contribution in [0.3, 0.4) is 0 Å². The lowest BCUT2D eigenvalue weighted by Crippen LogP contribution is -2.45. The molecule has 2 saturated carbocycles. The molecular weight excluding hydrogens is 218 g/mol. The van der Waals surface area contributed by atoms with Crippen LogP contribution in [0.5, 0.6) is 0 Å². The fraction of sp³-hybridized carbons (Fsp3) is 1.00. The van der Waals surface area contributed by atoms with E-state index >= 15 is 0 Å². The van der Waals surface area contributed by atoms with E-state index in [-0.39, 0.29) is 11.8 Å². The summed E-state index contributed by atoms with van der Waals surface area (Å²) in [7, 11) is 0. The second-order valence-corrected chi connectivity index (χ2v) is 6.68. The maximum Gasteiger partial charge on any atom is 0.135 e. The van der Waals surface area contributed by atoms with Gasteiger partial charge in [-0.25, -0.2) is 8.78 Å². The molecule has 2 heteroatoms. The maximum atomic E-state index is 14.2. The van der Waals surface area contributed by atoms with Crippen LogP contribution in [0.15, 0.2) is 0 Å². The summed E-state index contributed by atoms with van der Waals surface area (Å²) in [5.74, 6) is 1.45. The van der Waals surface area contributed by atoms with Crippen LogP contribution in [0.4, 0.5) is 8.78 Å². The Hall–Kier alpha value is -0.140. The first kappa shape index (κ1) is 13.3. The van der Waals surface area contributed by atoms with Crippen LogP contribution in [-0.4, -0.2) is 12.3 Å². The summed E-state index contributed by atoms with van der Waals surface area (Å²) in [5, 5.41) is 0. The fourth-order valence-electron chi connectivity index (χ4n) is 4.11. The maximum absolute atomic E-state index is 14.2. The summed E-state index contributed by atoms with van der Waals surface area (Å²) in [6.45, 7) is 6.25. The highest BCUT2D eigenvalue weighted by Gasteiger charge is 2.45. The Balaban J connectivity index is 2.03. The van der Waals surface area contributed by atoms with E-state index in [0.717, 1.165) is 25.2 Å². The molecule has 0 aromatic heterocycles. The molecule has 5 atom stereocenters. The van der Waals surface area contributed by atoms with Gasteiger partial charge < -0.3 is 0 Å². The van der Waals surface area contributed by atoms with Crippen LogP contribution < -0.4 is 0 Å². The van der Waals surface area contributed by atoms with Gasteiger partial charge in [-0.05, 0) is 48.9 Å². The van der Waals surface area contributed by atoms with E-state index in [2.05, 4.69) is 13.8 Å². The summed E-state index contributed by atoms with van der Waals surface area (Å²) in [4.78, 5) is 0. The number of hydrogen-bond donors (Lipinski definition) is 0. The highest BCUT2D eigenvalue weighted by Crippen LogP contribution is 2.46. The summed E-state index contributed by atoms with van der Waals surface area (Å²) in [5.41, 5.74) is 0. The van der Waals surface area contributed by atoms with E-state index in [4.69, 9.17) is 0 Å². The topological polar surface area (TPSA) is 0 Å². The Morgan fingerprint density at radius 2 is 1.35 bits per heavy atom. The normalized spacial score (nSPS) is 52.4. The van der Waals surface area contributed by atoms with E-state index in [1.165, 1.54) is 12.8 Å². The molecule has 0 amide bonds. The molecule has 5 unspecified atom stereocenters. The van der Waals surface area contributed by atoms with Gasteiger partial charge in [-0.2, -0.15) is 0 Å². The lowest BCUT2D eigenvalue weighted by molar-refractivity contribution is -0.0368. The second kappa shape index (κ2) is 5.24. The van der Waals surface area contributed by atoms with Gasteiger partial charge >= 0.3 is 0 Å². The molecule has 2 aliphatic carbocycles. The van der Waals surface area contributed by atoms with Crippen molar-refractivity contribution in [2.24, 2.45) is 29.6 Å². The van der Waals surface area contributed by atoms with Crippen LogP contribution in [0.25, 0.3) is 0 Å². The molecule has 0 radical (unpaired) electrons. The Kier molecular flexibility index (Phi) is 4.10. The van der Waals surface area contributed by atoms with E-state index in [1.54, 1.807) is 0 Å². The predicted octanol–water partition coefficient (Wildman–Crippen LogP) is 4.78. The molecule has 0 spiro atoms. The lowest BCUT2D eigenvalue weighted by atomic mass is 9.64. The van der Waals surface area contributed by atoms with E-state index in [9.17, 15) is 8.78 Å². The molecule has 0 aromatic rings. The monoisotopic (exact) mass is 244 g/mol. The Bertz CT molecular complexity index is 245. The molecule has 0 N–H and O–H groups in total. The van der Waals surface area contributed by atoms with Crippen LogP contribution >= 0.6 is 0 Å². The van der Waals surface area contributed by atoms with Gasteiger partial charge in [0.15, 0.2) is 0 Å². The number of alkyl halides is 2.